The molecule has 208 valence electrons. The van der Waals surface area contributed by atoms with Crippen LogP contribution in [-0.4, -0.2) is 58.8 Å². The van der Waals surface area contributed by atoms with Gasteiger partial charge in [-0.1, -0.05) is 30.8 Å². The summed E-state index contributed by atoms with van der Waals surface area (Å²) in [5.41, 5.74) is 10.9. The minimum atomic E-state index is -0.461. The number of hydrogen-bond acceptors (Lipinski definition) is 7. The van der Waals surface area contributed by atoms with Crippen LogP contribution in [0.25, 0.3) is 22.0 Å². The molecule has 10 nitrogen and oxygen atoms in total. The molecule has 0 bridgehead atoms. The lowest BCUT2D eigenvalue weighted by Crippen LogP contribution is -2.48. The third-order valence-corrected chi connectivity index (χ3v) is 7.02. The summed E-state index contributed by atoms with van der Waals surface area (Å²) < 4.78 is 0. The number of primary amides is 1. The summed E-state index contributed by atoms with van der Waals surface area (Å²) in [5.74, 6) is -0.280. The minimum absolute atomic E-state index is 0.0312. The van der Waals surface area contributed by atoms with Crippen LogP contribution in [0.4, 0.5) is 23.0 Å². The highest BCUT2D eigenvalue weighted by Gasteiger charge is 2.19. The smallest absolute Gasteiger partial charge is 0.247 e. The SMILES string of the molecule is C=CC(=O)Nc1cccc(-c2c(CC(N)=O)ccc3cnc(Nc4ccc(N5CCN(C(C)=O)CC5)cc4)nc23)c1. The summed E-state index contributed by atoms with van der Waals surface area (Å²) in [7, 11) is 0. The molecule has 0 saturated carbocycles. The van der Waals surface area contributed by atoms with Gasteiger partial charge < -0.3 is 26.2 Å². The van der Waals surface area contributed by atoms with E-state index < -0.39 is 5.91 Å². The van der Waals surface area contributed by atoms with Gasteiger partial charge in [-0.25, -0.2) is 9.97 Å². The number of benzene rings is 3. The van der Waals surface area contributed by atoms with Gasteiger partial charge in [-0.15, -0.1) is 0 Å². The Hall–Kier alpha value is -5.25. The minimum Gasteiger partial charge on any atom is -0.369 e. The summed E-state index contributed by atoms with van der Waals surface area (Å²) in [5, 5.41) is 6.84. The second kappa shape index (κ2) is 11.9. The molecule has 0 unspecified atom stereocenters. The number of rotatable bonds is 8. The van der Waals surface area contributed by atoms with Crippen molar-refractivity contribution in [3.63, 3.8) is 0 Å². The topological polar surface area (TPSA) is 134 Å². The molecule has 4 aromatic rings. The van der Waals surface area contributed by atoms with Crippen LogP contribution in [0, 0.1) is 0 Å². The summed E-state index contributed by atoms with van der Waals surface area (Å²) >= 11 is 0. The third kappa shape index (κ3) is 6.33. The lowest BCUT2D eigenvalue weighted by Gasteiger charge is -2.35. The van der Waals surface area contributed by atoms with Gasteiger partial charge in [-0.2, -0.15) is 0 Å². The van der Waals surface area contributed by atoms with Crippen LogP contribution >= 0.6 is 0 Å². The molecule has 0 aliphatic carbocycles. The highest BCUT2D eigenvalue weighted by atomic mass is 16.2. The third-order valence-electron chi connectivity index (χ3n) is 7.02. The molecule has 10 heteroatoms. The molecular formula is C31H31N7O3. The highest BCUT2D eigenvalue weighted by Crippen LogP contribution is 2.34. The Morgan fingerprint density at radius 3 is 2.44 bits per heavy atom. The van der Waals surface area contributed by atoms with Crippen LogP contribution < -0.4 is 21.3 Å². The zero-order chi connectivity index (χ0) is 28.9. The molecule has 5 rings (SSSR count). The number of carbonyl (C=O) groups is 3. The monoisotopic (exact) mass is 549 g/mol. The van der Waals surface area contributed by atoms with Gasteiger partial charge in [0.05, 0.1) is 11.9 Å². The fourth-order valence-corrected chi connectivity index (χ4v) is 4.97. The number of piperazine rings is 1. The van der Waals surface area contributed by atoms with E-state index in [1.165, 1.54) is 6.08 Å². The molecule has 1 aliphatic rings. The number of amides is 3. The predicted octanol–water partition coefficient (Wildman–Crippen LogP) is 3.86. The molecule has 4 N–H and O–H groups in total. The normalized spacial score (nSPS) is 13.1. The number of fused-ring (bicyclic) bond motifs is 1. The van der Waals surface area contributed by atoms with Gasteiger partial charge in [-0.3, -0.25) is 14.4 Å². The molecular weight excluding hydrogens is 518 g/mol. The van der Waals surface area contributed by atoms with Crippen molar-refractivity contribution in [1.29, 1.82) is 0 Å². The molecule has 1 aromatic heterocycles. The van der Waals surface area contributed by atoms with Crippen molar-refractivity contribution in [2.24, 2.45) is 5.73 Å². The fourth-order valence-electron chi connectivity index (χ4n) is 4.97. The Morgan fingerprint density at radius 2 is 1.76 bits per heavy atom. The molecule has 1 aliphatic heterocycles. The zero-order valence-electron chi connectivity index (χ0n) is 22.8. The van der Waals surface area contributed by atoms with Crippen molar-refractivity contribution in [2.45, 2.75) is 13.3 Å². The van der Waals surface area contributed by atoms with Crippen molar-refractivity contribution in [3.8, 4) is 11.1 Å². The number of anilines is 4. The van der Waals surface area contributed by atoms with E-state index in [4.69, 9.17) is 10.7 Å². The first kappa shape index (κ1) is 27.3. The molecule has 3 amide bonds. The average molecular weight is 550 g/mol. The van der Waals surface area contributed by atoms with Crippen molar-refractivity contribution < 1.29 is 14.4 Å². The summed E-state index contributed by atoms with van der Waals surface area (Å²) in [6.07, 6.45) is 2.97. The Morgan fingerprint density at radius 1 is 1.00 bits per heavy atom. The van der Waals surface area contributed by atoms with Crippen molar-refractivity contribution in [3.05, 3.63) is 85.1 Å². The van der Waals surface area contributed by atoms with Crippen molar-refractivity contribution in [1.82, 2.24) is 14.9 Å². The van der Waals surface area contributed by atoms with E-state index in [9.17, 15) is 14.4 Å². The zero-order valence-corrected chi connectivity index (χ0v) is 22.8. The van der Waals surface area contributed by atoms with E-state index >= 15 is 0 Å². The lowest BCUT2D eigenvalue weighted by molar-refractivity contribution is -0.129. The van der Waals surface area contributed by atoms with Gasteiger partial charge in [0, 0.05) is 67.3 Å². The van der Waals surface area contributed by atoms with Gasteiger partial charge >= 0.3 is 0 Å². The number of carbonyl (C=O) groups excluding carboxylic acids is 3. The molecule has 0 radical (unpaired) electrons. The standard InChI is InChI=1S/C31H31N7O3/c1-3-28(41)34-25-6-4-5-21(17-25)29-22(18-27(32)40)7-8-23-19-33-31(36-30(23)29)35-24-9-11-26(12-10-24)38-15-13-37(14-16-38)20(2)39/h3-12,17,19H,1,13-16,18H2,2H3,(H2,32,40)(H,34,41)(H,33,35,36). The molecule has 2 heterocycles. The van der Waals surface area contributed by atoms with Crippen LogP contribution in [0.5, 0.6) is 0 Å². The van der Waals surface area contributed by atoms with E-state index in [0.29, 0.717) is 30.2 Å². The second-order valence-electron chi connectivity index (χ2n) is 9.81. The maximum atomic E-state index is 11.9. The second-order valence-corrected chi connectivity index (χ2v) is 9.81. The molecule has 1 saturated heterocycles. The first-order valence-corrected chi connectivity index (χ1v) is 13.3. The Labute approximate surface area is 237 Å². The number of nitrogens with zero attached hydrogens (tertiary/aromatic N) is 4. The fraction of sp³-hybridized carbons (Fsp3) is 0.194. The van der Waals surface area contributed by atoms with Crippen LogP contribution in [0.1, 0.15) is 12.5 Å². The number of aromatic nitrogens is 2. The van der Waals surface area contributed by atoms with E-state index in [1.54, 1.807) is 19.2 Å². The van der Waals surface area contributed by atoms with Crippen molar-refractivity contribution >= 4 is 51.6 Å². The molecule has 41 heavy (non-hydrogen) atoms. The van der Waals surface area contributed by atoms with Gasteiger partial charge in [0.2, 0.25) is 23.7 Å². The predicted molar refractivity (Wildman–Crippen MR) is 161 cm³/mol. The van der Waals surface area contributed by atoms with Crippen LogP contribution in [-0.2, 0) is 20.8 Å². The van der Waals surface area contributed by atoms with Crippen LogP contribution in [0.3, 0.4) is 0 Å². The maximum absolute atomic E-state index is 11.9. The lowest BCUT2D eigenvalue weighted by atomic mass is 9.94. The largest absolute Gasteiger partial charge is 0.369 e. The van der Waals surface area contributed by atoms with E-state index in [0.717, 1.165) is 46.5 Å². The quantitative estimate of drug-likeness (QED) is 0.284. The number of nitrogens with two attached hydrogens (primary N) is 1. The summed E-state index contributed by atoms with van der Waals surface area (Å²) in [4.78, 5) is 48.9. The van der Waals surface area contributed by atoms with Crippen LogP contribution in [0.2, 0.25) is 0 Å². The van der Waals surface area contributed by atoms with Gasteiger partial charge in [0.15, 0.2) is 0 Å². The maximum Gasteiger partial charge on any atom is 0.247 e. The van der Waals surface area contributed by atoms with E-state index in [-0.39, 0.29) is 18.2 Å². The van der Waals surface area contributed by atoms with Crippen LogP contribution in [0.15, 0.2) is 79.5 Å². The molecule has 1 fully saturated rings. The van der Waals surface area contributed by atoms with E-state index in [1.807, 2.05) is 59.5 Å². The van der Waals surface area contributed by atoms with Gasteiger partial charge in [-0.05, 0) is 53.6 Å². The number of nitrogens with one attached hydrogen (secondary N) is 2. The molecule has 0 spiro atoms. The van der Waals surface area contributed by atoms with Gasteiger partial charge in [0.25, 0.3) is 0 Å². The summed E-state index contributed by atoms with van der Waals surface area (Å²) in [6.45, 7) is 8.11. The Bertz CT molecular complexity index is 1630. The first-order valence-electron chi connectivity index (χ1n) is 13.3. The molecule has 0 atom stereocenters. The van der Waals surface area contributed by atoms with Gasteiger partial charge in [0.1, 0.15) is 0 Å². The summed E-state index contributed by atoms with van der Waals surface area (Å²) in [6, 6.07) is 19.0. The Balaban J connectivity index is 1.44. The number of hydrogen-bond donors (Lipinski definition) is 3. The highest BCUT2D eigenvalue weighted by molar-refractivity contribution is 6.01. The van der Waals surface area contributed by atoms with E-state index in [2.05, 4.69) is 27.1 Å². The first-order chi connectivity index (χ1) is 19.8. The Kier molecular flexibility index (Phi) is 7.91. The average Bonchev–Trinajstić information content (AvgIpc) is 2.97. The molecule has 3 aromatic carbocycles. The van der Waals surface area contributed by atoms with Crippen molar-refractivity contribution in [2.75, 3.05) is 41.7 Å².